The van der Waals surface area contributed by atoms with Gasteiger partial charge < -0.3 is 14.4 Å². The van der Waals surface area contributed by atoms with Crippen LogP contribution in [0.1, 0.15) is 41.3 Å². The van der Waals surface area contributed by atoms with Gasteiger partial charge in [-0.15, -0.1) is 0 Å². The minimum atomic E-state index is 0.0260. The van der Waals surface area contributed by atoms with Gasteiger partial charge in [0, 0.05) is 23.1 Å². The molecule has 0 fully saturated rings. The molecule has 0 heterocycles. The summed E-state index contributed by atoms with van der Waals surface area (Å²) in [5, 5.41) is 0. The van der Waals surface area contributed by atoms with Crippen LogP contribution in [-0.4, -0.2) is 24.5 Å². The van der Waals surface area contributed by atoms with E-state index in [1.54, 1.807) is 7.11 Å². The van der Waals surface area contributed by atoms with E-state index in [4.69, 9.17) is 9.47 Å². The van der Waals surface area contributed by atoms with Crippen LogP contribution in [0.3, 0.4) is 0 Å². The highest BCUT2D eigenvalue weighted by Crippen LogP contribution is 2.29. The van der Waals surface area contributed by atoms with E-state index in [1.165, 1.54) is 0 Å². The predicted octanol–water partition coefficient (Wildman–Crippen LogP) is 6.48. The van der Waals surface area contributed by atoms with Crippen molar-refractivity contribution in [3.63, 3.8) is 0 Å². The van der Waals surface area contributed by atoms with Crippen LogP contribution in [0.4, 0.5) is 0 Å². The van der Waals surface area contributed by atoms with Crippen molar-refractivity contribution in [2.45, 2.75) is 32.9 Å². The molecule has 0 spiro atoms. The average molecular weight is 482 g/mol. The quantitative estimate of drug-likeness (QED) is 0.332. The lowest BCUT2D eigenvalue weighted by Gasteiger charge is -2.23. The summed E-state index contributed by atoms with van der Waals surface area (Å²) < 4.78 is 12.4. The van der Waals surface area contributed by atoms with Crippen LogP contribution in [0.25, 0.3) is 0 Å². The highest BCUT2D eigenvalue weighted by molar-refractivity contribution is 9.10. The first-order valence-corrected chi connectivity index (χ1v) is 11.3. The van der Waals surface area contributed by atoms with Gasteiger partial charge in [-0.2, -0.15) is 0 Å². The van der Waals surface area contributed by atoms with Gasteiger partial charge in [0.2, 0.25) is 0 Å². The summed E-state index contributed by atoms with van der Waals surface area (Å²) in [6.45, 7) is 3.82. The van der Waals surface area contributed by atoms with Crippen molar-refractivity contribution in [1.29, 1.82) is 0 Å². The third kappa shape index (κ3) is 6.59. The molecule has 162 valence electrons. The largest absolute Gasteiger partial charge is 0.493 e. The SMILES string of the molecule is CCCCN(Cc1ccc(OCc2ccccc2)c(OC)c1)C(=O)c1cccc(Br)c1. The van der Waals surface area contributed by atoms with Crippen molar-refractivity contribution in [3.8, 4) is 11.5 Å². The van der Waals surface area contributed by atoms with E-state index >= 15 is 0 Å². The lowest BCUT2D eigenvalue weighted by Crippen LogP contribution is -2.31. The minimum absolute atomic E-state index is 0.0260. The molecule has 0 unspecified atom stereocenters. The Kier molecular flexibility index (Phi) is 8.53. The maximum absolute atomic E-state index is 13.1. The van der Waals surface area contributed by atoms with E-state index < -0.39 is 0 Å². The number of methoxy groups -OCH3 is 1. The molecule has 31 heavy (non-hydrogen) atoms. The van der Waals surface area contributed by atoms with E-state index in [2.05, 4.69) is 22.9 Å². The summed E-state index contributed by atoms with van der Waals surface area (Å²) in [6.07, 6.45) is 1.98. The highest BCUT2D eigenvalue weighted by atomic mass is 79.9. The Morgan fingerprint density at radius 3 is 2.45 bits per heavy atom. The number of halogens is 1. The number of hydrogen-bond acceptors (Lipinski definition) is 3. The summed E-state index contributed by atoms with van der Waals surface area (Å²) >= 11 is 3.46. The molecule has 3 aromatic rings. The molecule has 0 aliphatic rings. The zero-order valence-electron chi connectivity index (χ0n) is 18.0. The Hall–Kier alpha value is -2.79. The number of benzene rings is 3. The molecule has 0 aromatic heterocycles. The van der Waals surface area contributed by atoms with Crippen molar-refractivity contribution < 1.29 is 14.3 Å². The molecule has 3 aromatic carbocycles. The number of carbonyl (C=O) groups excluding carboxylic acids is 1. The van der Waals surface area contributed by atoms with Gasteiger partial charge in [-0.25, -0.2) is 0 Å². The second-order valence-corrected chi connectivity index (χ2v) is 8.27. The van der Waals surface area contributed by atoms with Gasteiger partial charge in [0.1, 0.15) is 6.61 Å². The zero-order chi connectivity index (χ0) is 22.1. The van der Waals surface area contributed by atoms with Crippen LogP contribution < -0.4 is 9.47 Å². The molecule has 0 saturated carbocycles. The van der Waals surface area contributed by atoms with Gasteiger partial charge in [0.15, 0.2) is 11.5 Å². The van der Waals surface area contributed by atoms with Crippen LogP contribution in [0.2, 0.25) is 0 Å². The lowest BCUT2D eigenvalue weighted by molar-refractivity contribution is 0.0740. The van der Waals surface area contributed by atoms with E-state index in [1.807, 2.05) is 77.7 Å². The minimum Gasteiger partial charge on any atom is -0.493 e. The number of hydrogen-bond donors (Lipinski definition) is 0. The molecule has 0 radical (unpaired) electrons. The van der Waals surface area contributed by atoms with Crippen molar-refractivity contribution in [2.24, 2.45) is 0 Å². The van der Waals surface area contributed by atoms with Gasteiger partial charge in [0.05, 0.1) is 7.11 Å². The molecular weight excluding hydrogens is 454 g/mol. The molecule has 0 aliphatic carbocycles. The second kappa shape index (κ2) is 11.6. The van der Waals surface area contributed by atoms with E-state index in [0.29, 0.717) is 36.8 Å². The Morgan fingerprint density at radius 2 is 1.74 bits per heavy atom. The van der Waals surface area contributed by atoms with E-state index in [9.17, 15) is 4.79 Å². The van der Waals surface area contributed by atoms with Gasteiger partial charge in [0.25, 0.3) is 5.91 Å². The normalized spacial score (nSPS) is 10.5. The topological polar surface area (TPSA) is 38.8 Å². The third-order valence-electron chi connectivity index (χ3n) is 4.98. The van der Waals surface area contributed by atoms with Crippen molar-refractivity contribution in [1.82, 2.24) is 4.90 Å². The predicted molar refractivity (Wildman–Crippen MR) is 128 cm³/mol. The molecule has 0 bridgehead atoms. The van der Waals surface area contributed by atoms with Crippen LogP contribution in [-0.2, 0) is 13.2 Å². The first kappa shape index (κ1) is 22.9. The number of carbonyl (C=O) groups is 1. The molecule has 5 heteroatoms. The molecule has 0 atom stereocenters. The molecule has 1 amide bonds. The highest BCUT2D eigenvalue weighted by Gasteiger charge is 2.17. The summed E-state index contributed by atoms with van der Waals surface area (Å²) in [5.74, 6) is 1.38. The van der Waals surface area contributed by atoms with Crippen molar-refractivity contribution in [3.05, 3.63) is 94.0 Å². The van der Waals surface area contributed by atoms with Crippen LogP contribution in [0, 0.1) is 0 Å². The Bertz CT molecular complexity index is 991. The fourth-order valence-electron chi connectivity index (χ4n) is 3.29. The third-order valence-corrected chi connectivity index (χ3v) is 5.47. The number of ether oxygens (including phenoxy) is 2. The van der Waals surface area contributed by atoms with Gasteiger partial charge in [-0.05, 0) is 47.9 Å². The molecule has 0 N–H and O–H groups in total. The Balaban J connectivity index is 1.75. The first-order valence-electron chi connectivity index (χ1n) is 10.5. The number of unbranched alkanes of at least 4 members (excludes halogenated alkanes) is 1. The monoisotopic (exact) mass is 481 g/mol. The van der Waals surface area contributed by atoms with E-state index in [0.717, 1.165) is 28.4 Å². The number of amides is 1. The molecular formula is C26H28BrNO3. The van der Waals surface area contributed by atoms with Gasteiger partial charge in [-0.3, -0.25) is 4.79 Å². The van der Waals surface area contributed by atoms with Crippen LogP contribution in [0.15, 0.2) is 77.3 Å². The van der Waals surface area contributed by atoms with Crippen LogP contribution >= 0.6 is 15.9 Å². The first-order chi connectivity index (χ1) is 15.1. The van der Waals surface area contributed by atoms with Gasteiger partial charge >= 0.3 is 0 Å². The Labute approximate surface area is 192 Å². The van der Waals surface area contributed by atoms with E-state index in [-0.39, 0.29) is 5.91 Å². The fourth-order valence-corrected chi connectivity index (χ4v) is 3.69. The number of nitrogens with zero attached hydrogens (tertiary/aromatic N) is 1. The number of rotatable bonds is 10. The molecule has 3 rings (SSSR count). The maximum atomic E-state index is 13.1. The summed E-state index contributed by atoms with van der Waals surface area (Å²) in [5.41, 5.74) is 2.78. The lowest BCUT2D eigenvalue weighted by atomic mass is 10.1. The molecule has 0 aliphatic heterocycles. The summed E-state index contributed by atoms with van der Waals surface area (Å²) in [7, 11) is 1.63. The van der Waals surface area contributed by atoms with Crippen molar-refractivity contribution in [2.75, 3.05) is 13.7 Å². The summed E-state index contributed by atoms with van der Waals surface area (Å²) in [4.78, 5) is 15.0. The second-order valence-electron chi connectivity index (χ2n) is 7.35. The summed E-state index contributed by atoms with van der Waals surface area (Å²) in [6, 6.07) is 23.4. The van der Waals surface area contributed by atoms with Crippen molar-refractivity contribution >= 4 is 21.8 Å². The van der Waals surface area contributed by atoms with Gasteiger partial charge in [-0.1, -0.05) is 71.7 Å². The fraction of sp³-hybridized carbons (Fsp3) is 0.269. The standard InChI is InChI=1S/C26H28BrNO3/c1-3-4-15-28(26(29)22-11-8-12-23(27)17-22)18-21-13-14-24(25(16-21)30-2)31-19-20-9-6-5-7-10-20/h5-14,16-17H,3-4,15,18-19H2,1-2H3. The average Bonchev–Trinajstić information content (AvgIpc) is 2.81. The molecule has 4 nitrogen and oxygen atoms in total. The smallest absolute Gasteiger partial charge is 0.254 e. The molecule has 0 saturated heterocycles. The maximum Gasteiger partial charge on any atom is 0.254 e. The van der Waals surface area contributed by atoms with Crippen LogP contribution in [0.5, 0.6) is 11.5 Å². The Morgan fingerprint density at radius 1 is 0.935 bits per heavy atom. The zero-order valence-corrected chi connectivity index (χ0v) is 19.6.